The summed E-state index contributed by atoms with van der Waals surface area (Å²) in [6.45, 7) is 1.65. The molecule has 144 valence electrons. The number of nitrogens with zero attached hydrogens (tertiary/aromatic N) is 4. The van der Waals surface area contributed by atoms with E-state index in [0.717, 1.165) is 42.9 Å². The third-order valence-electron chi connectivity index (χ3n) is 4.82. The van der Waals surface area contributed by atoms with Crippen LogP contribution in [0.1, 0.15) is 23.7 Å². The van der Waals surface area contributed by atoms with Crippen LogP contribution in [0.4, 0.5) is 0 Å². The molecule has 1 saturated heterocycles. The molecule has 1 fully saturated rings. The van der Waals surface area contributed by atoms with Crippen molar-refractivity contribution < 1.29 is 9.53 Å². The van der Waals surface area contributed by atoms with Gasteiger partial charge in [-0.25, -0.2) is 0 Å². The van der Waals surface area contributed by atoms with E-state index in [-0.39, 0.29) is 11.2 Å². The van der Waals surface area contributed by atoms with E-state index in [0.29, 0.717) is 5.16 Å². The number of thioether (sulfide) groups is 1. The molecule has 2 heterocycles. The van der Waals surface area contributed by atoms with Crippen LogP contribution >= 0.6 is 11.8 Å². The summed E-state index contributed by atoms with van der Waals surface area (Å²) in [6.07, 6.45) is 3.80. The predicted octanol–water partition coefficient (Wildman–Crippen LogP) is 3.73. The van der Waals surface area contributed by atoms with Gasteiger partial charge in [0.2, 0.25) is 5.91 Å². The molecule has 1 aliphatic heterocycles. The van der Waals surface area contributed by atoms with Crippen LogP contribution in [0.25, 0.3) is 5.69 Å². The third kappa shape index (κ3) is 3.89. The molecular weight excluding hydrogens is 372 g/mol. The second-order valence-electron chi connectivity index (χ2n) is 6.63. The van der Waals surface area contributed by atoms with Crippen LogP contribution in [0, 0.1) is 0 Å². The molecule has 0 radical (unpaired) electrons. The van der Waals surface area contributed by atoms with Gasteiger partial charge in [0, 0.05) is 19.2 Å². The number of rotatable bonds is 6. The highest BCUT2D eigenvalue weighted by Crippen LogP contribution is 2.37. The van der Waals surface area contributed by atoms with Gasteiger partial charge in [-0.2, -0.15) is 0 Å². The van der Waals surface area contributed by atoms with Crippen LogP contribution < -0.4 is 4.74 Å². The molecule has 2 aromatic carbocycles. The zero-order valence-corrected chi connectivity index (χ0v) is 16.5. The Hall–Kier alpha value is -2.80. The smallest absolute Gasteiger partial charge is 0.240 e. The lowest BCUT2D eigenvalue weighted by Crippen LogP contribution is -2.31. The minimum absolute atomic E-state index is 0.133. The summed E-state index contributed by atoms with van der Waals surface area (Å²) in [5.41, 5.74) is 1.87. The van der Waals surface area contributed by atoms with E-state index < -0.39 is 0 Å². The van der Waals surface area contributed by atoms with Crippen LogP contribution in [0.15, 0.2) is 66.1 Å². The van der Waals surface area contributed by atoms with Gasteiger partial charge in [0.15, 0.2) is 5.16 Å². The Morgan fingerprint density at radius 3 is 2.64 bits per heavy atom. The van der Waals surface area contributed by atoms with Crippen molar-refractivity contribution in [3.63, 3.8) is 0 Å². The Morgan fingerprint density at radius 2 is 1.89 bits per heavy atom. The monoisotopic (exact) mass is 394 g/mol. The molecule has 0 aliphatic carbocycles. The van der Waals surface area contributed by atoms with Crippen LogP contribution in [-0.2, 0) is 4.79 Å². The van der Waals surface area contributed by atoms with Gasteiger partial charge in [0.05, 0.1) is 12.8 Å². The van der Waals surface area contributed by atoms with Crippen molar-refractivity contribution in [1.29, 1.82) is 0 Å². The molecule has 0 spiro atoms. The van der Waals surface area contributed by atoms with Crippen molar-refractivity contribution in [3.05, 3.63) is 66.5 Å². The molecule has 1 atom stereocenters. The molecule has 1 aromatic heterocycles. The largest absolute Gasteiger partial charge is 0.497 e. The maximum absolute atomic E-state index is 13.2. The van der Waals surface area contributed by atoms with Crippen molar-refractivity contribution >= 4 is 17.7 Å². The normalized spacial score (nSPS) is 14.8. The van der Waals surface area contributed by atoms with Gasteiger partial charge in [-0.1, -0.05) is 48.2 Å². The van der Waals surface area contributed by atoms with Crippen LogP contribution in [0.3, 0.4) is 0 Å². The van der Waals surface area contributed by atoms with Gasteiger partial charge in [-0.05, 0) is 30.5 Å². The Kier molecular flexibility index (Phi) is 5.62. The molecule has 0 bridgehead atoms. The fourth-order valence-electron chi connectivity index (χ4n) is 3.34. The number of hydrogen-bond acceptors (Lipinski definition) is 5. The molecule has 0 saturated carbocycles. The quantitative estimate of drug-likeness (QED) is 0.596. The SMILES string of the molecule is COc1cccc(-n2cnnc2SC(C(=O)N2CCCC2)c2ccccc2)c1. The van der Waals surface area contributed by atoms with Crippen LogP contribution in [0.2, 0.25) is 0 Å². The fourth-order valence-corrected chi connectivity index (χ4v) is 4.45. The van der Waals surface area contributed by atoms with E-state index in [2.05, 4.69) is 10.2 Å². The van der Waals surface area contributed by atoms with E-state index >= 15 is 0 Å². The summed E-state index contributed by atoms with van der Waals surface area (Å²) in [7, 11) is 1.64. The van der Waals surface area contributed by atoms with Crippen molar-refractivity contribution in [2.24, 2.45) is 0 Å². The zero-order chi connectivity index (χ0) is 19.3. The lowest BCUT2D eigenvalue weighted by Gasteiger charge is -2.23. The van der Waals surface area contributed by atoms with Gasteiger partial charge in [-0.15, -0.1) is 10.2 Å². The fraction of sp³-hybridized carbons (Fsp3) is 0.286. The Morgan fingerprint density at radius 1 is 1.11 bits per heavy atom. The molecule has 4 rings (SSSR count). The number of likely N-dealkylation sites (tertiary alicyclic amines) is 1. The minimum Gasteiger partial charge on any atom is -0.497 e. The summed E-state index contributed by atoms with van der Waals surface area (Å²) in [6, 6.07) is 17.6. The lowest BCUT2D eigenvalue weighted by molar-refractivity contribution is -0.129. The summed E-state index contributed by atoms with van der Waals surface area (Å²) >= 11 is 1.44. The van der Waals surface area contributed by atoms with Gasteiger partial charge >= 0.3 is 0 Å². The zero-order valence-electron chi connectivity index (χ0n) is 15.7. The first kappa shape index (κ1) is 18.6. The number of aromatic nitrogens is 3. The average Bonchev–Trinajstić information content (AvgIpc) is 3.44. The highest BCUT2D eigenvalue weighted by atomic mass is 32.2. The average molecular weight is 395 g/mol. The van der Waals surface area contributed by atoms with E-state index in [4.69, 9.17) is 4.74 Å². The van der Waals surface area contributed by atoms with Gasteiger partial charge < -0.3 is 9.64 Å². The van der Waals surface area contributed by atoms with Crippen LogP contribution in [-0.4, -0.2) is 45.8 Å². The number of benzene rings is 2. The second-order valence-corrected chi connectivity index (χ2v) is 7.70. The topological polar surface area (TPSA) is 60.2 Å². The third-order valence-corrected chi connectivity index (χ3v) is 6.01. The molecule has 1 unspecified atom stereocenters. The lowest BCUT2D eigenvalue weighted by atomic mass is 10.1. The standard InChI is InChI=1S/C21H22N4O2S/c1-27-18-11-7-10-17(14-18)25-15-22-23-21(25)28-19(16-8-3-2-4-9-16)20(26)24-12-5-6-13-24/h2-4,7-11,14-15,19H,5-6,12-13H2,1H3. The Balaban J connectivity index is 1.66. The van der Waals surface area contributed by atoms with Gasteiger partial charge in [-0.3, -0.25) is 9.36 Å². The molecule has 28 heavy (non-hydrogen) atoms. The maximum atomic E-state index is 13.2. The second kappa shape index (κ2) is 8.48. The van der Waals surface area contributed by atoms with E-state index in [1.54, 1.807) is 13.4 Å². The van der Waals surface area contributed by atoms with Crippen molar-refractivity contribution in [3.8, 4) is 11.4 Å². The van der Waals surface area contributed by atoms with E-state index in [9.17, 15) is 4.79 Å². The highest BCUT2D eigenvalue weighted by Gasteiger charge is 2.30. The maximum Gasteiger partial charge on any atom is 0.240 e. The molecule has 6 nitrogen and oxygen atoms in total. The first-order valence-electron chi connectivity index (χ1n) is 9.31. The first-order chi connectivity index (χ1) is 13.8. The number of carbonyl (C=O) groups is 1. The molecule has 1 aliphatic rings. The van der Waals surface area contributed by atoms with E-state index in [1.165, 1.54) is 11.8 Å². The molecule has 0 N–H and O–H groups in total. The number of methoxy groups -OCH3 is 1. The molecular formula is C21H22N4O2S. The van der Waals surface area contributed by atoms with Crippen molar-refractivity contribution in [2.75, 3.05) is 20.2 Å². The number of amides is 1. The summed E-state index contributed by atoms with van der Waals surface area (Å²) in [5, 5.41) is 8.69. The molecule has 1 amide bonds. The number of carbonyl (C=O) groups excluding carboxylic acids is 1. The summed E-state index contributed by atoms with van der Waals surface area (Å²) < 4.78 is 7.22. The number of hydrogen-bond donors (Lipinski definition) is 0. The Bertz CT molecular complexity index is 938. The van der Waals surface area contributed by atoms with Gasteiger partial charge in [0.25, 0.3) is 0 Å². The highest BCUT2D eigenvalue weighted by molar-refractivity contribution is 8.00. The van der Waals surface area contributed by atoms with Crippen molar-refractivity contribution in [2.45, 2.75) is 23.2 Å². The van der Waals surface area contributed by atoms with Crippen LogP contribution in [0.5, 0.6) is 5.75 Å². The van der Waals surface area contributed by atoms with E-state index in [1.807, 2.05) is 64.1 Å². The summed E-state index contributed by atoms with van der Waals surface area (Å²) in [4.78, 5) is 15.2. The molecule has 7 heteroatoms. The Labute approximate surface area is 168 Å². The molecule has 3 aromatic rings. The van der Waals surface area contributed by atoms with Crippen molar-refractivity contribution in [1.82, 2.24) is 19.7 Å². The first-order valence-corrected chi connectivity index (χ1v) is 10.2. The number of ether oxygens (including phenoxy) is 1. The van der Waals surface area contributed by atoms with Gasteiger partial charge in [0.1, 0.15) is 17.3 Å². The minimum atomic E-state index is -0.354. The summed E-state index contributed by atoms with van der Waals surface area (Å²) in [5.74, 6) is 0.892. The predicted molar refractivity (Wildman–Crippen MR) is 109 cm³/mol.